The van der Waals surface area contributed by atoms with Crippen LogP contribution in [-0.4, -0.2) is 26.7 Å². The molecule has 0 unspecified atom stereocenters. The molecular formula is C16H21N5O. The molecule has 6 nitrogen and oxygen atoms in total. The lowest BCUT2D eigenvalue weighted by molar-refractivity contribution is -0.0445. The Bertz CT molecular complexity index is 741. The maximum Gasteiger partial charge on any atom is 0.263 e. The van der Waals surface area contributed by atoms with Crippen LogP contribution in [-0.2, 0) is 0 Å². The molecule has 0 radical (unpaired) electrons. The van der Waals surface area contributed by atoms with Crippen molar-refractivity contribution in [1.82, 2.24) is 20.2 Å². The molecule has 22 heavy (non-hydrogen) atoms. The van der Waals surface area contributed by atoms with Crippen LogP contribution in [0.3, 0.4) is 0 Å². The van der Waals surface area contributed by atoms with Crippen LogP contribution in [0.15, 0.2) is 11.0 Å². The zero-order valence-electron chi connectivity index (χ0n) is 12.6. The van der Waals surface area contributed by atoms with Crippen LogP contribution in [0.5, 0.6) is 0 Å². The van der Waals surface area contributed by atoms with E-state index in [1.54, 1.807) is 0 Å². The summed E-state index contributed by atoms with van der Waals surface area (Å²) in [5, 5.41) is 10.6. The van der Waals surface area contributed by atoms with E-state index in [4.69, 9.17) is 0 Å². The molecule has 4 bridgehead atoms. The molecule has 6 heteroatoms. The van der Waals surface area contributed by atoms with Crippen molar-refractivity contribution >= 4 is 17.0 Å². The molecule has 2 aromatic heterocycles. The Morgan fingerprint density at radius 3 is 2.55 bits per heavy atom. The summed E-state index contributed by atoms with van der Waals surface area (Å²) in [5.41, 5.74) is 0.847. The van der Waals surface area contributed by atoms with Crippen molar-refractivity contribution in [2.45, 2.75) is 38.5 Å². The minimum atomic E-state index is -0.133. The van der Waals surface area contributed by atoms with Gasteiger partial charge in [0, 0.05) is 6.54 Å². The van der Waals surface area contributed by atoms with Crippen LogP contribution in [0.4, 0.5) is 5.95 Å². The normalized spacial score (nSPS) is 36.1. The number of hydrogen-bond donors (Lipinski definition) is 3. The van der Waals surface area contributed by atoms with Gasteiger partial charge in [-0.2, -0.15) is 10.1 Å². The number of fused-ring (bicyclic) bond motifs is 1. The van der Waals surface area contributed by atoms with E-state index in [2.05, 4.69) is 25.5 Å². The van der Waals surface area contributed by atoms with Gasteiger partial charge in [-0.15, -0.1) is 0 Å². The van der Waals surface area contributed by atoms with Crippen molar-refractivity contribution in [2.24, 2.45) is 23.2 Å². The number of nitrogens with zero attached hydrogens (tertiary/aromatic N) is 2. The standard InChI is InChI=1S/C16H21N5O/c22-14-12-7-18-21-13(12)19-15(20-14)17-8-16-4-9-1-10(5-16)3-11(2-9)6-16/h7,9-11H,1-6,8H2,(H3,17,18,19,20,21,22). The van der Waals surface area contributed by atoms with E-state index in [1.807, 2.05) is 0 Å². The number of aromatic amines is 2. The van der Waals surface area contributed by atoms with Gasteiger partial charge in [0.1, 0.15) is 5.39 Å². The predicted octanol–water partition coefficient (Wildman–Crippen LogP) is 2.27. The summed E-state index contributed by atoms with van der Waals surface area (Å²) >= 11 is 0. The Kier molecular flexibility index (Phi) is 2.50. The van der Waals surface area contributed by atoms with Gasteiger partial charge in [0.15, 0.2) is 5.65 Å². The highest BCUT2D eigenvalue weighted by Crippen LogP contribution is 2.59. The van der Waals surface area contributed by atoms with Gasteiger partial charge in [0.05, 0.1) is 6.20 Å². The highest BCUT2D eigenvalue weighted by Gasteiger charge is 2.50. The van der Waals surface area contributed by atoms with Crippen LogP contribution in [0, 0.1) is 23.2 Å². The summed E-state index contributed by atoms with van der Waals surface area (Å²) in [6, 6.07) is 0. The number of H-pyrrole nitrogens is 2. The summed E-state index contributed by atoms with van der Waals surface area (Å²) in [7, 11) is 0. The van der Waals surface area contributed by atoms with E-state index >= 15 is 0 Å². The summed E-state index contributed by atoms with van der Waals surface area (Å²) in [4.78, 5) is 19.2. The van der Waals surface area contributed by atoms with Crippen molar-refractivity contribution in [3.8, 4) is 0 Å². The molecule has 3 N–H and O–H groups in total. The second-order valence-electron chi connectivity index (χ2n) is 7.82. The van der Waals surface area contributed by atoms with Crippen molar-refractivity contribution in [3.63, 3.8) is 0 Å². The molecule has 0 aliphatic heterocycles. The Labute approximate surface area is 128 Å². The fourth-order valence-corrected chi connectivity index (χ4v) is 5.71. The van der Waals surface area contributed by atoms with Crippen LogP contribution >= 0.6 is 0 Å². The summed E-state index contributed by atoms with van der Waals surface area (Å²) in [5.74, 6) is 3.39. The third-order valence-corrected chi connectivity index (χ3v) is 6.12. The van der Waals surface area contributed by atoms with Gasteiger partial charge in [0.2, 0.25) is 5.95 Å². The Hall–Kier alpha value is -1.85. The number of rotatable bonds is 3. The lowest BCUT2D eigenvalue weighted by atomic mass is 9.49. The number of aromatic nitrogens is 4. The monoisotopic (exact) mass is 299 g/mol. The quantitative estimate of drug-likeness (QED) is 0.811. The van der Waals surface area contributed by atoms with Crippen molar-refractivity contribution in [1.29, 1.82) is 0 Å². The average molecular weight is 299 g/mol. The highest BCUT2D eigenvalue weighted by atomic mass is 16.1. The SMILES string of the molecule is O=c1[nH]c(NCC23CC4CC(CC(C4)C2)C3)nc2[nH]ncc12. The fraction of sp³-hybridized carbons (Fsp3) is 0.688. The molecule has 6 rings (SSSR count). The first-order valence-electron chi connectivity index (χ1n) is 8.36. The molecule has 2 heterocycles. The average Bonchev–Trinajstić information content (AvgIpc) is 2.93. The molecule has 0 amide bonds. The molecule has 2 aromatic rings. The predicted molar refractivity (Wildman–Crippen MR) is 83.6 cm³/mol. The first-order valence-corrected chi connectivity index (χ1v) is 8.36. The van der Waals surface area contributed by atoms with E-state index in [-0.39, 0.29) is 5.56 Å². The summed E-state index contributed by atoms with van der Waals surface area (Å²) in [6.45, 7) is 0.930. The van der Waals surface area contributed by atoms with Gasteiger partial charge in [0.25, 0.3) is 5.56 Å². The van der Waals surface area contributed by atoms with Crippen LogP contribution in [0.25, 0.3) is 11.0 Å². The lowest BCUT2D eigenvalue weighted by Gasteiger charge is -2.56. The minimum Gasteiger partial charge on any atom is -0.355 e. The molecule has 0 spiro atoms. The molecular weight excluding hydrogens is 278 g/mol. The number of anilines is 1. The molecule has 4 fully saturated rings. The topological polar surface area (TPSA) is 86.5 Å². The van der Waals surface area contributed by atoms with Gasteiger partial charge in [-0.05, 0) is 61.7 Å². The number of hydrogen-bond acceptors (Lipinski definition) is 4. The molecule has 0 aromatic carbocycles. The smallest absolute Gasteiger partial charge is 0.263 e. The van der Waals surface area contributed by atoms with Crippen molar-refractivity contribution in [2.75, 3.05) is 11.9 Å². The zero-order chi connectivity index (χ0) is 14.7. The fourth-order valence-electron chi connectivity index (χ4n) is 5.71. The largest absolute Gasteiger partial charge is 0.355 e. The maximum atomic E-state index is 12.0. The van der Waals surface area contributed by atoms with Crippen LogP contribution < -0.4 is 10.9 Å². The Morgan fingerprint density at radius 1 is 1.18 bits per heavy atom. The second-order valence-corrected chi connectivity index (χ2v) is 7.82. The summed E-state index contributed by atoms with van der Waals surface area (Å²) < 4.78 is 0. The molecule has 0 atom stereocenters. The third-order valence-electron chi connectivity index (χ3n) is 6.12. The minimum absolute atomic E-state index is 0.133. The molecule has 4 aliphatic rings. The Morgan fingerprint density at radius 2 is 1.86 bits per heavy atom. The first-order chi connectivity index (χ1) is 10.7. The van der Waals surface area contributed by atoms with E-state index in [0.717, 1.165) is 24.3 Å². The van der Waals surface area contributed by atoms with Crippen LogP contribution in [0.1, 0.15) is 38.5 Å². The molecule has 4 saturated carbocycles. The summed E-state index contributed by atoms with van der Waals surface area (Å²) in [6.07, 6.45) is 9.93. The molecule has 0 saturated heterocycles. The third kappa shape index (κ3) is 1.89. The van der Waals surface area contributed by atoms with Gasteiger partial charge >= 0.3 is 0 Å². The van der Waals surface area contributed by atoms with E-state index in [9.17, 15) is 4.79 Å². The molecule has 4 aliphatic carbocycles. The van der Waals surface area contributed by atoms with E-state index < -0.39 is 0 Å². The maximum absolute atomic E-state index is 12.0. The van der Waals surface area contributed by atoms with Gasteiger partial charge in [-0.1, -0.05) is 0 Å². The van der Waals surface area contributed by atoms with Crippen molar-refractivity contribution < 1.29 is 0 Å². The highest BCUT2D eigenvalue weighted by molar-refractivity contribution is 5.73. The van der Waals surface area contributed by atoms with Gasteiger partial charge in [-0.3, -0.25) is 14.9 Å². The second kappa shape index (κ2) is 4.33. The molecule has 116 valence electrons. The Balaban J connectivity index is 1.39. The zero-order valence-corrected chi connectivity index (χ0v) is 12.6. The van der Waals surface area contributed by atoms with Gasteiger partial charge < -0.3 is 5.32 Å². The lowest BCUT2D eigenvalue weighted by Crippen LogP contribution is -2.49. The van der Waals surface area contributed by atoms with Gasteiger partial charge in [-0.25, -0.2) is 0 Å². The van der Waals surface area contributed by atoms with E-state index in [1.165, 1.54) is 44.7 Å². The van der Waals surface area contributed by atoms with Crippen molar-refractivity contribution in [3.05, 3.63) is 16.6 Å². The van der Waals surface area contributed by atoms with E-state index in [0.29, 0.717) is 22.4 Å². The first kappa shape index (κ1) is 12.7. The van der Waals surface area contributed by atoms with Crippen LogP contribution in [0.2, 0.25) is 0 Å². The number of nitrogens with one attached hydrogen (secondary N) is 3.